The fourth-order valence-corrected chi connectivity index (χ4v) is 2.21. The number of aromatic nitrogens is 2. The zero-order chi connectivity index (χ0) is 16.3. The summed E-state index contributed by atoms with van der Waals surface area (Å²) in [5.41, 5.74) is 3.19. The Morgan fingerprint density at radius 2 is 1.91 bits per heavy atom. The molecule has 0 spiro atoms. The molecule has 2 N–H and O–H groups in total. The van der Waals surface area contributed by atoms with Crippen LogP contribution in [0.25, 0.3) is 11.3 Å². The minimum absolute atomic E-state index is 0.00763. The monoisotopic (exact) mass is 301 g/mol. The average molecular weight is 301 g/mol. The Morgan fingerprint density at radius 1 is 1.27 bits per heavy atom. The fraction of sp³-hybridized carbons (Fsp3) is 0.412. The summed E-state index contributed by atoms with van der Waals surface area (Å²) in [5, 5.41) is 10.2. The maximum Gasteiger partial charge on any atom is 0.225 e. The van der Waals surface area contributed by atoms with Crippen molar-refractivity contribution in [2.45, 2.75) is 34.1 Å². The van der Waals surface area contributed by atoms with Crippen molar-refractivity contribution in [2.24, 2.45) is 5.41 Å². The number of methoxy groups -OCH3 is 1. The lowest BCUT2D eigenvalue weighted by Gasteiger charge is -2.17. The first-order chi connectivity index (χ1) is 10.3. The van der Waals surface area contributed by atoms with E-state index in [1.54, 1.807) is 7.11 Å². The highest BCUT2D eigenvalue weighted by molar-refractivity contribution is 5.95. The molecule has 0 fully saturated rings. The van der Waals surface area contributed by atoms with Crippen LogP contribution in [0.5, 0.6) is 5.75 Å². The third-order valence-electron chi connectivity index (χ3n) is 3.27. The number of hydrogen-bond donors (Lipinski definition) is 2. The van der Waals surface area contributed by atoms with E-state index in [2.05, 4.69) is 15.5 Å². The Bertz CT molecular complexity index is 652. The van der Waals surface area contributed by atoms with E-state index in [4.69, 9.17) is 4.74 Å². The van der Waals surface area contributed by atoms with Crippen molar-refractivity contribution in [3.63, 3.8) is 0 Å². The molecule has 1 heterocycles. The van der Waals surface area contributed by atoms with E-state index < -0.39 is 0 Å². The molecule has 118 valence electrons. The quantitative estimate of drug-likeness (QED) is 0.903. The van der Waals surface area contributed by atoms with Crippen molar-refractivity contribution >= 4 is 11.6 Å². The first-order valence-corrected chi connectivity index (χ1v) is 7.29. The smallest absolute Gasteiger partial charge is 0.225 e. The molecular weight excluding hydrogens is 278 g/mol. The van der Waals surface area contributed by atoms with Crippen LogP contribution in [0.3, 0.4) is 0 Å². The molecule has 1 aromatic carbocycles. The summed E-state index contributed by atoms with van der Waals surface area (Å²) < 4.78 is 5.16. The van der Waals surface area contributed by atoms with E-state index >= 15 is 0 Å². The Labute approximate surface area is 131 Å². The summed E-state index contributed by atoms with van der Waals surface area (Å²) in [6.07, 6.45) is 0.458. The van der Waals surface area contributed by atoms with Crippen LogP contribution in [0.1, 0.15) is 32.9 Å². The van der Waals surface area contributed by atoms with Gasteiger partial charge in [-0.2, -0.15) is 5.10 Å². The minimum Gasteiger partial charge on any atom is -0.497 e. The lowest BCUT2D eigenvalue weighted by Crippen LogP contribution is -2.20. The number of ether oxygens (including phenoxy) is 1. The number of rotatable bonds is 4. The van der Waals surface area contributed by atoms with Crippen LogP contribution in [0.2, 0.25) is 0 Å². The number of carbonyl (C=O) groups is 1. The maximum absolute atomic E-state index is 12.2. The molecule has 0 unspecified atom stereocenters. The van der Waals surface area contributed by atoms with E-state index in [1.165, 1.54) is 0 Å². The topological polar surface area (TPSA) is 67.0 Å². The van der Waals surface area contributed by atoms with Gasteiger partial charge >= 0.3 is 0 Å². The standard InChI is InChI=1S/C17H23N3O2/c1-11-15(18-14(21)10-17(2,3)4)16(20-19-11)12-6-8-13(22-5)9-7-12/h6-9H,10H2,1-5H3,(H,18,21)(H,19,20). The normalized spacial score (nSPS) is 11.3. The van der Waals surface area contributed by atoms with Crippen molar-refractivity contribution in [2.75, 3.05) is 12.4 Å². The van der Waals surface area contributed by atoms with Gasteiger partial charge in [0.05, 0.1) is 18.5 Å². The second kappa shape index (κ2) is 6.22. The molecule has 0 radical (unpaired) electrons. The highest BCUT2D eigenvalue weighted by Gasteiger charge is 2.19. The predicted molar refractivity (Wildman–Crippen MR) is 88.0 cm³/mol. The molecule has 0 aliphatic heterocycles. The molecule has 2 rings (SSSR count). The van der Waals surface area contributed by atoms with Gasteiger partial charge in [0.15, 0.2) is 0 Å². The Hall–Kier alpha value is -2.30. The van der Waals surface area contributed by atoms with Gasteiger partial charge in [-0.25, -0.2) is 0 Å². The van der Waals surface area contributed by atoms with Gasteiger partial charge in [0, 0.05) is 12.0 Å². The van der Waals surface area contributed by atoms with Crippen LogP contribution in [0, 0.1) is 12.3 Å². The molecule has 0 bridgehead atoms. The SMILES string of the molecule is COc1ccc(-c2n[nH]c(C)c2NC(=O)CC(C)(C)C)cc1. The van der Waals surface area contributed by atoms with Gasteiger partial charge in [-0.05, 0) is 36.6 Å². The number of amides is 1. The molecule has 5 heteroatoms. The molecule has 0 aliphatic rings. The number of anilines is 1. The molecule has 0 saturated heterocycles. The Morgan fingerprint density at radius 3 is 2.45 bits per heavy atom. The zero-order valence-electron chi connectivity index (χ0n) is 13.8. The predicted octanol–water partition coefficient (Wildman–Crippen LogP) is 3.77. The number of benzene rings is 1. The van der Waals surface area contributed by atoms with Crippen LogP contribution in [-0.2, 0) is 4.79 Å². The number of nitrogens with one attached hydrogen (secondary N) is 2. The number of H-pyrrole nitrogens is 1. The molecule has 5 nitrogen and oxygen atoms in total. The third kappa shape index (κ3) is 3.87. The number of aromatic amines is 1. The average Bonchev–Trinajstić information content (AvgIpc) is 2.78. The molecule has 22 heavy (non-hydrogen) atoms. The van der Waals surface area contributed by atoms with Crippen molar-refractivity contribution in [3.05, 3.63) is 30.0 Å². The van der Waals surface area contributed by atoms with Crippen molar-refractivity contribution < 1.29 is 9.53 Å². The van der Waals surface area contributed by atoms with Gasteiger partial charge in [0.2, 0.25) is 5.91 Å². The lowest BCUT2D eigenvalue weighted by molar-refractivity contribution is -0.117. The molecule has 0 aliphatic carbocycles. The lowest BCUT2D eigenvalue weighted by atomic mass is 9.92. The van der Waals surface area contributed by atoms with Crippen LogP contribution in [-0.4, -0.2) is 23.2 Å². The summed E-state index contributed by atoms with van der Waals surface area (Å²) in [6.45, 7) is 8.02. The Balaban J connectivity index is 2.25. The van der Waals surface area contributed by atoms with E-state index in [-0.39, 0.29) is 11.3 Å². The van der Waals surface area contributed by atoms with E-state index in [1.807, 2.05) is 52.0 Å². The molecule has 0 atom stereocenters. The summed E-state index contributed by atoms with van der Waals surface area (Å²) in [7, 11) is 1.63. The largest absolute Gasteiger partial charge is 0.497 e. The summed E-state index contributed by atoms with van der Waals surface area (Å²) in [6, 6.07) is 7.60. The molecule has 1 amide bonds. The first kappa shape index (κ1) is 16.1. The fourth-order valence-electron chi connectivity index (χ4n) is 2.21. The van der Waals surface area contributed by atoms with Crippen LogP contribution < -0.4 is 10.1 Å². The van der Waals surface area contributed by atoms with Crippen LogP contribution >= 0.6 is 0 Å². The second-order valence-electron chi connectivity index (χ2n) is 6.59. The molecule has 1 aromatic heterocycles. The highest BCUT2D eigenvalue weighted by Crippen LogP contribution is 2.30. The van der Waals surface area contributed by atoms with Gasteiger partial charge in [-0.15, -0.1) is 0 Å². The Kier molecular flexibility index (Phi) is 4.54. The van der Waals surface area contributed by atoms with Crippen molar-refractivity contribution in [1.82, 2.24) is 10.2 Å². The van der Waals surface area contributed by atoms with Crippen LogP contribution in [0.15, 0.2) is 24.3 Å². The minimum atomic E-state index is -0.0536. The van der Waals surface area contributed by atoms with Gasteiger partial charge < -0.3 is 10.1 Å². The zero-order valence-corrected chi connectivity index (χ0v) is 13.8. The van der Waals surface area contributed by atoms with Gasteiger partial charge in [0.1, 0.15) is 11.4 Å². The highest BCUT2D eigenvalue weighted by atomic mass is 16.5. The molecular formula is C17H23N3O2. The number of nitrogens with zero attached hydrogens (tertiary/aromatic N) is 1. The number of carbonyl (C=O) groups excluding carboxylic acids is 1. The molecule has 2 aromatic rings. The molecule has 0 saturated carbocycles. The van der Waals surface area contributed by atoms with E-state index in [9.17, 15) is 4.79 Å². The number of hydrogen-bond acceptors (Lipinski definition) is 3. The van der Waals surface area contributed by atoms with Gasteiger partial charge in [0.25, 0.3) is 0 Å². The van der Waals surface area contributed by atoms with Gasteiger partial charge in [-0.1, -0.05) is 20.8 Å². The van der Waals surface area contributed by atoms with E-state index in [0.717, 1.165) is 28.4 Å². The van der Waals surface area contributed by atoms with Crippen LogP contribution in [0.4, 0.5) is 5.69 Å². The first-order valence-electron chi connectivity index (χ1n) is 7.29. The number of aryl methyl sites for hydroxylation is 1. The van der Waals surface area contributed by atoms with E-state index in [0.29, 0.717) is 6.42 Å². The van der Waals surface area contributed by atoms with Crippen molar-refractivity contribution in [3.8, 4) is 17.0 Å². The summed E-state index contributed by atoms with van der Waals surface area (Å²) in [5.74, 6) is 0.779. The summed E-state index contributed by atoms with van der Waals surface area (Å²) >= 11 is 0. The summed E-state index contributed by atoms with van der Waals surface area (Å²) in [4.78, 5) is 12.2. The second-order valence-corrected chi connectivity index (χ2v) is 6.59. The maximum atomic E-state index is 12.2. The van der Waals surface area contributed by atoms with Gasteiger partial charge in [-0.3, -0.25) is 9.89 Å². The van der Waals surface area contributed by atoms with Crippen molar-refractivity contribution in [1.29, 1.82) is 0 Å². The third-order valence-corrected chi connectivity index (χ3v) is 3.27.